The maximum absolute atomic E-state index is 12.4. The van der Waals surface area contributed by atoms with Gasteiger partial charge >= 0.3 is 0 Å². The summed E-state index contributed by atoms with van der Waals surface area (Å²) < 4.78 is 0. The number of anilines is 1. The Morgan fingerprint density at radius 1 is 1.48 bits per heavy atom. The number of nitrogens with two attached hydrogens (primary N) is 1. The molecular formula is C16H22N4O. The molecule has 4 N–H and O–H groups in total. The van der Waals surface area contributed by atoms with Crippen LogP contribution in [0.2, 0.25) is 0 Å². The van der Waals surface area contributed by atoms with Crippen molar-refractivity contribution in [2.45, 2.75) is 25.3 Å². The highest BCUT2D eigenvalue weighted by atomic mass is 16.1. The first kappa shape index (κ1) is 13.9. The fourth-order valence-electron chi connectivity index (χ4n) is 3.03. The SMILES string of the molecule is CN1CCCCC1CNC(=O)c1c[nH]c2ccc(N)cc12. The van der Waals surface area contributed by atoms with E-state index in [1.54, 1.807) is 6.20 Å². The number of aromatic amines is 1. The average Bonchev–Trinajstić information content (AvgIpc) is 2.89. The predicted octanol–water partition coefficient (Wildman–Crippen LogP) is 1.96. The third kappa shape index (κ3) is 2.88. The lowest BCUT2D eigenvalue weighted by Crippen LogP contribution is -2.44. The average molecular weight is 286 g/mol. The van der Waals surface area contributed by atoms with Crippen LogP contribution in [0.25, 0.3) is 10.9 Å². The molecule has 0 bridgehead atoms. The van der Waals surface area contributed by atoms with Gasteiger partial charge in [-0.05, 0) is 44.6 Å². The topological polar surface area (TPSA) is 74.2 Å². The molecule has 21 heavy (non-hydrogen) atoms. The number of nitrogen functional groups attached to an aromatic ring is 1. The van der Waals surface area contributed by atoms with Gasteiger partial charge in [-0.2, -0.15) is 0 Å². The van der Waals surface area contributed by atoms with Gasteiger partial charge in [0.25, 0.3) is 5.91 Å². The second kappa shape index (κ2) is 5.77. The molecule has 0 saturated carbocycles. The lowest BCUT2D eigenvalue weighted by molar-refractivity contribution is 0.0930. The van der Waals surface area contributed by atoms with Crippen LogP contribution >= 0.6 is 0 Å². The van der Waals surface area contributed by atoms with Crippen molar-refractivity contribution in [3.63, 3.8) is 0 Å². The number of carbonyl (C=O) groups is 1. The summed E-state index contributed by atoms with van der Waals surface area (Å²) in [6.07, 6.45) is 5.40. The number of benzene rings is 1. The van der Waals surface area contributed by atoms with Gasteiger partial charge in [0.05, 0.1) is 5.56 Å². The van der Waals surface area contributed by atoms with Gasteiger partial charge in [0.1, 0.15) is 0 Å². The van der Waals surface area contributed by atoms with Crippen LogP contribution in [0.5, 0.6) is 0 Å². The number of H-pyrrole nitrogens is 1. The van der Waals surface area contributed by atoms with Gasteiger partial charge in [-0.15, -0.1) is 0 Å². The van der Waals surface area contributed by atoms with Gasteiger partial charge in [-0.3, -0.25) is 4.79 Å². The Labute approximate surface area is 124 Å². The molecule has 5 heteroatoms. The highest BCUT2D eigenvalue weighted by Crippen LogP contribution is 2.21. The van der Waals surface area contributed by atoms with Crippen molar-refractivity contribution in [2.24, 2.45) is 0 Å². The predicted molar refractivity (Wildman–Crippen MR) is 85.3 cm³/mol. The van der Waals surface area contributed by atoms with E-state index >= 15 is 0 Å². The van der Waals surface area contributed by atoms with Crippen LogP contribution in [0.4, 0.5) is 5.69 Å². The lowest BCUT2D eigenvalue weighted by atomic mass is 10.0. The minimum Gasteiger partial charge on any atom is -0.399 e. The lowest BCUT2D eigenvalue weighted by Gasteiger charge is -2.32. The first-order chi connectivity index (χ1) is 10.1. The van der Waals surface area contributed by atoms with Gasteiger partial charge in [0.15, 0.2) is 0 Å². The number of aromatic nitrogens is 1. The molecule has 2 aromatic rings. The first-order valence-electron chi connectivity index (χ1n) is 7.50. The number of piperidine rings is 1. The number of nitrogens with zero attached hydrogens (tertiary/aromatic N) is 1. The number of hydrogen-bond acceptors (Lipinski definition) is 3. The van der Waals surface area contributed by atoms with Crippen molar-refractivity contribution < 1.29 is 4.79 Å². The second-order valence-electron chi connectivity index (χ2n) is 5.85. The minimum absolute atomic E-state index is 0.0363. The standard InChI is InChI=1S/C16H22N4O/c1-20-7-3-2-4-12(20)9-19-16(21)14-10-18-15-6-5-11(17)8-13(14)15/h5-6,8,10,12,18H,2-4,7,9,17H2,1H3,(H,19,21). The highest BCUT2D eigenvalue weighted by Gasteiger charge is 2.20. The summed E-state index contributed by atoms with van der Waals surface area (Å²) in [4.78, 5) is 17.8. The Hall–Kier alpha value is -2.01. The zero-order valence-corrected chi connectivity index (χ0v) is 12.4. The van der Waals surface area contributed by atoms with Crippen molar-refractivity contribution in [3.8, 4) is 0 Å². The van der Waals surface area contributed by atoms with E-state index in [2.05, 4.69) is 22.2 Å². The molecule has 1 amide bonds. The van der Waals surface area contributed by atoms with E-state index in [4.69, 9.17) is 5.73 Å². The molecule has 1 aliphatic rings. The fourth-order valence-corrected chi connectivity index (χ4v) is 3.03. The molecule has 3 rings (SSSR count). The van der Waals surface area contributed by atoms with Crippen LogP contribution in [0.15, 0.2) is 24.4 Å². The van der Waals surface area contributed by atoms with Gasteiger partial charge in [0.2, 0.25) is 0 Å². The number of hydrogen-bond donors (Lipinski definition) is 3. The summed E-state index contributed by atoms with van der Waals surface area (Å²) in [5.74, 6) is -0.0363. The fraction of sp³-hybridized carbons (Fsp3) is 0.438. The molecule has 112 valence electrons. The zero-order chi connectivity index (χ0) is 14.8. The van der Waals surface area contributed by atoms with Crippen molar-refractivity contribution in [3.05, 3.63) is 30.0 Å². The van der Waals surface area contributed by atoms with Gasteiger partial charge in [0, 0.05) is 35.4 Å². The van der Waals surface area contributed by atoms with Crippen molar-refractivity contribution in [2.75, 3.05) is 25.9 Å². The van der Waals surface area contributed by atoms with E-state index in [1.807, 2.05) is 18.2 Å². The van der Waals surface area contributed by atoms with E-state index in [-0.39, 0.29) is 5.91 Å². The minimum atomic E-state index is -0.0363. The largest absolute Gasteiger partial charge is 0.399 e. The molecule has 0 spiro atoms. The number of likely N-dealkylation sites (tertiary alicyclic amines) is 1. The summed E-state index contributed by atoms with van der Waals surface area (Å²) in [5.41, 5.74) is 8.08. The molecule has 2 heterocycles. The van der Waals surface area contributed by atoms with Crippen LogP contribution in [0.3, 0.4) is 0 Å². The zero-order valence-electron chi connectivity index (χ0n) is 12.4. The summed E-state index contributed by atoms with van der Waals surface area (Å²) in [6.45, 7) is 1.81. The van der Waals surface area contributed by atoms with E-state index in [9.17, 15) is 4.79 Å². The Morgan fingerprint density at radius 3 is 3.14 bits per heavy atom. The van der Waals surface area contributed by atoms with E-state index < -0.39 is 0 Å². The molecule has 5 nitrogen and oxygen atoms in total. The highest BCUT2D eigenvalue weighted by molar-refractivity contribution is 6.07. The maximum Gasteiger partial charge on any atom is 0.253 e. The quantitative estimate of drug-likeness (QED) is 0.755. The van der Waals surface area contributed by atoms with Crippen molar-refractivity contribution in [1.29, 1.82) is 0 Å². The molecule has 1 aromatic carbocycles. The smallest absolute Gasteiger partial charge is 0.253 e. The molecule has 1 saturated heterocycles. The van der Waals surface area contributed by atoms with Crippen LogP contribution in [-0.4, -0.2) is 42.0 Å². The number of amides is 1. The Bertz CT molecular complexity index is 649. The van der Waals surface area contributed by atoms with Crippen LogP contribution < -0.4 is 11.1 Å². The maximum atomic E-state index is 12.4. The Kier molecular flexibility index (Phi) is 3.84. The summed E-state index contributed by atoms with van der Waals surface area (Å²) >= 11 is 0. The summed E-state index contributed by atoms with van der Waals surface area (Å²) in [6, 6.07) is 6.01. The molecule has 1 aromatic heterocycles. The monoisotopic (exact) mass is 286 g/mol. The second-order valence-corrected chi connectivity index (χ2v) is 5.85. The third-order valence-corrected chi connectivity index (χ3v) is 4.37. The number of rotatable bonds is 3. The van der Waals surface area contributed by atoms with Crippen LogP contribution in [0.1, 0.15) is 29.6 Å². The molecule has 1 aliphatic heterocycles. The van der Waals surface area contributed by atoms with Crippen molar-refractivity contribution >= 4 is 22.5 Å². The molecule has 1 unspecified atom stereocenters. The van der Waals surface area contributed by atoms with Gasteiger partial charge < -0.3 is 20.9 Å². The summed E-state index contributed by atoms with van der Waals surface area (Å²) in [5, 5.41) is 3.93. The van der Waals surface area contributed by atoms with Crippen molar-refractivity contribution in [1.82, 2.24) is 15.2 Å². The normalized spacial score (nSPS) is 19.8. The van der Waals surface area contributed by atoms with Gasteiger partial charge in [-0.1, -0.05) is 6.42 Å². The molecule has 1 atom stereocenters. The molecule has 0 radical (unpaired) electrons. The van der Waals surface area contributed by atoms with Crippen LogP contribution in [0, 0.1) is 0 Å². The number of nitrogens with one attached hydrogen (secondary N) is 2. The Balaban J connectivity index is 1.70. The number of carbonyl (C=O) groups excluding carboxylic acids is 1. The summed E-state index contributed by atoms with van der Waals surface area (Å²) in [7, 11) is 2.13. The Morgan fingerprint density at radius 2 is 2.33 bits per heavy atom. The third-order valence-electron chi connectivity index (χ3n) is 4.37. The molecule has 1 fully saturated rings. The number of likely N-dealkylation sites (N-methyl/N-ethyl adjacent to an activating group) is 1. The number of fused-ring (bicyclic) bond motifs is 1. The van der Waals surface area contributed by atoms with Gasteiger partial charge in [-0.25, -0.2) is 0 Å². The first-order valence-corrected chi connectivity index (χ1v) is 7.50. The van der Waals surface area contributed by atoms with Crippen LogP contribution in [-0.2, 0) is 0 Å². The van der Waals surface area contributed by atoms with E-state index in [1.165, 1.54) is 12.8 Å². The molecular weight excluding hydrogens is 264 g/mol. The van der Waals surface area contributed by atoms with E-state index in [0.717, 1.165) is 23.9 Å². The molecule has 0 aliphatic carbocycles. The van der Waals surface area contributed by atoms with E-state index in [0.29, 0.717) is 23.8 Å².